The van der Waals surface area contributed by atoms with Gasteiger partial charge in [0.05, 0.1) is 24.8 Å². The lowest BCUT2D eigenvalue weighted by Crippen LogP contribution is -2.53. The Morgan fingerprint density at radius 1 is 1.07 bits per heavy atom. The van der Waals surface area contributed by atoms with Crippen LogP contribution in [0.2, 0.25) is 0 Å². The lowest BCUT2D eigenvalue weighted by molar-refractivity contribution is -0.123. The van der Waals surface area contributed by atoms with E-state index in [4.69, 9.17) is 4.74 Å². The van der Waals surface area contributed by atoms with Gasteiger partial charge in [-0.3, -0.25) is 14.4 Å². The molecule has 3 amide bonds. The molecule has 2 fully saturated rings. The van der Waals surface area contributed by atoms with Gasteiger partial charge in [0.1, 0.15) is 5.75 Å². The number of aliphatic hydroxyl groups excluding tert-OH is 1. The molecule has 3 atom stereocenters. The van der Waals surface area contributed by atoms with Crippen molar-refractivity contribution in [1.29, 1.82) is 0 Å². The zero-order valence-corrected chi connectivity index (χ0v) is 24.9. The van der Waals surface area contributed by atoms with Crippen LogP contribution in [0.5, 0.6) is 5.75 Å². The summed E-state index contributed by atoms with van der Waals surface area (Å²) in [6.45, 7) is 5.02. The summed E-state index contributed by atoms with van der Waals surface area (Å²) in [5.74, 6) is 0.108. The van der Waals surface area contributed by atoms with Crippen LogP contribution in [-0.2, 0) is 16.0 Å². The predicted molar refractivity (Wildman–Crippen MR) is 164 cm³/mol. The van der Waals surface area contributed by atoms with Crippen LogP contribution in [0.1, 0.15) is 81.1 Å². The smallest absolute Gasteiger partial charge is 0.251 e. The number of nitrogens with zero attached hydrogens (tertiary/aromatic N) is 1. The second-order valence-corrected chi connectivity index (χ2v) is 11.5. The molecule has 0 aromatic heterocycles. The maximum atomic E-state index is 13.6. The molecule has 9 nitrogen and oxygen atoms in total. The quantitative estimate of drug-likeness (QED) is 0.271. The van der Waals surface area contributed by atoms with Gasteiger partial charge >= 0.3 is 0 Å². The van der Waals surface area contributed by atoms with Crippen LogP contribution in [0.15, 0.2) is 48.5 Å². The van der Waals surface area contributed by atoms with Gasteiger partial charge in [-0.05, 0) is 56.7 Å². The fraction of sp³-hybridized carbons (Fsp3) is 0.545. The number of anilines is 1. The van der Waals surface area contributed by atoms with E-state index in [9.17, 15) is 19.5 Å². The van der Waals surface area contributed by atoms with Crippen LogP contribution in [0.3, 0.4) is 0 Å². The number of aliphatic hydroxyl groups is 1. The number of rotatable bonds is 14. The van der Waals surface area contributed by atoms with E-state index in [1.807, 2.05) is 37.3 Å². The van der Waals surface area contributed by atoms with Crippen molar-refractivity contribution in [2.75, 3.05) is 24.6 Å². The lowest BCUT2D eigenvalue weighted by atomic mass is 9.95. The van der Waals surface area contributed by atoms with Crippen molar-refractivity contribution in [3.05, 3.63) is 59.7 Å². The fourth-order valence-electron chi connectivity index (χ4n) is 5.60. The summed E-state index contributed by atoms with van der Waals surface area (Å²) in [6, 6.07) is 14.0. The first-order valence-corrected chi connectivity index (χ1v) is 15.5. The molecule has 1 unspecified atom stereocenters. The molecule has 1 saturated carbocycles. The molecule has 0 spiro atoms. The van der Waals surface area contributed by atoms with Crippen LogP contribution in [0.25, 0.3) is 0 Å². The van der Waals surface area contributed by atoms with Gasteiger partial charge in [0.25, 0.3) is 5.91 Å². The van der Waals surface area contributed by atoms with Gasteiger partial charge in [-0.1, -0.05) is 56.5 Å². The number of benzene rings is 2. The average Bonchev–Trinajstić information content (AvgIpc) is 3.44. The highest BCUT2D eigenvalue weighted by atomic mass is 16.5. The highest BCUT2D eigenvalue weighted by molar-refractivity contribution is 5.99. The van der Waals surface area contributed by atoms with Crippen molar-refractivity contribution >= 4 is 23.4 Å². The van der Waals surface area contributed by atoms with Crippen LogP contribution in [-0.4, -0.2) is 66.8 Å². The third-order valence-corrected chi connectivity index (χ3v) is 8.07. The summed E-state index contributed by atoms with van der Waals surface area (Å²) in [7, 11) is 0. The van der Waals surface area contributed by atoms with Gasteiger partial charge in [-0.25, -0.2) is 0 Å². The molecule has 1 aliphatic heterocycles. The van der Waals surface area contributed by atoms with Crippen LogP contribution >= 0.6 is 0 Å². The third-order valence-electron chi connectivity index (χ3n) is 8.07. The molecule has 1 aliphatic carbocycles. The van der Waals surface area contributed by atoms with Gasteiger partial charge in [-0.15, -0.1) is 0 Å². The summed E-state index contributed by atoms with van der Waals surface area (Å²) in [6.07, 6.45) is 7.01. The monoisotopic (exact) mass is 578 g/mol. The summed E-state index contributed by atoms with van der Waals surface area (Å²) < 4.78 is 5.86. The number of hydrogen-bond acceptors (Lipinski definition) is 6. The van der Waals surface area contributed by atoms with E-state index < -0.39 is 18.2 Å². The van der Waals surface area contributed by atoms with E-state index in [0.717, 1.165) is 44.1 Å². The Labute approximate surface area is 249 Å². The maximum absolute atomic E-state index is 13.6. The van der Waals surface area contributed by atoms with Gasteiger partial charge in [0, 0.05) is 42.9 Å². The SMILES string of the molecule is CCCOc1cc(C(=O)N[C@@H](Cc2ccccc2)[C@H](O)CNC(C)C(=O)NC2CCCCC2)cc(N2CCCC2=O)c1. The normalized spacial score (nSPS) is 17.9. The molecule has 228 valence electrons. The Balaban J connectivity index is 1.46. The molecule has 0 bridgehead atoms. The van der Waals surface area contributed by atoms with Crippen molar-refractivity contribution in [1.82, 2.24) is 16.0 Å². The van der Waals surface area contributed by atoms with Crippen molar-refractivity contribution in [2.45, 2.75) is 95.9 Å². The molecule has 9 heteroatoms. The minimum Gasteiger partial charge on any atom is -0.494 e. The molecule has 1 heterocycles. The minimum atomic E-state index is -0.960. The van der Waals surface area contributed by atoms with Crippen molar-refractivity contribution in [3.8, 4) is 5.75 Å². The molecule has 2 aromatic carbocycles. The number of nitrogens with one attached hydrogen (secondary N) is 3. The van der Waals surface area contributed by atoms with Crippen molar-refractivity contribution in [2.24, 2.45) is 0 Å². The summed E-state index contributed by atoms with van der Waals surface area (Å²) in [5, 5.41) is 20.6. The van der Waals surface area contributed by atoms with Gasteiger partial charge in [-0.2, -0.15) is 0 Å². The van der Waals surface area contributed by atoms with Crippen LogP contribution < -0.4 is 25.6 Å². The Kier molecular flexibility index (Phi) is 11.8. The van der Waals surface area contributed by atoms with E-state index in [0.29, 0.717) is 43.0 Å². The van der Waals surface area contributed by atoms with E-state index in [2.05, 4.69) is 16.0 Å². The first-order valence-electron chi connectivity index (χ1n) is 15.5. The minimum absolute atomic E-state index is 0.0269. The van der Waals surface area contributed by atoms with Crippen molar-refractivity contribution < 1.29 is 24.2 Å². The number of hydrogen-bond donors (Lipinski definition) is 4. The molecule has 42 heavy (non-hydrogen) atoms. The molecular weight excluding hydrogens is 532 g/mol. The molecule has 1 saturated heterocycles. The number of amides is 3. The first-order chi connectivity index (χ1) is 20.3. The zero-order valence-electron chi connectivity index (χ0n) is 24.9. The first kappa shape index (κ1) is 31.5. The molecule has 2 aromatic rings. The largest absolute Gasteiger partial charge is 0.494 e. The van der Waals surface area contributed by atoms with Gasteiger partial charge in [0.15, 0.2) is 0 Å². The third kappa shape index (κ3) is 9.03. The highest BCUT2D eigenvalue weighted by Crippen LogP contribution is 2.28. The van der Waals surface area contributed by atoms with Crippen LogP contribution in [0.4, 0.5) is 5.69 Å². The van der Waals surface area contributed by atoms with E-state index in [1.165, 1.54) is 6.42 Å². The fourth-order valence-corrected chi connectivity index (χ4v) is 5.60. The topological polar surface area (TPSA) is 120 Å². The van der Waals surface area contributed by atoms with Crippen molar-refractivity contribution in [3.63, 3.8) is 0 Å². The van der Waals surface area contributed by atoms with Gasteiger partial charge in [0.2, 0.25) is 11.8 Å². The summed E-state index contributed by atoms with van der Waals surface area (Å²) >= 11 is 0. The van der Waals surface area contributed by atoms with Gasteiger partial charge < -0.3 is 30.7 Å². The molecule has 2 aliphatic rings. The maximum Gasteiger partial charge on any atom is 0.251 e. The Hall–Kier alpha value is -3.43. The Morgan fingerprint density at radius 2 is 1.83 bits per heavy atom. The number of ether oxygens (including phenoxy) is 1. The molecule has 4 rings (SSSR count). The van der Waals surface area contributed by atoms with E-state index >= 15 is 0 Å². The Bertz CT molecular complexity index is 1180. The highest BCUT2D eigenvalue weighted by Gasteiger charge is 2.27. The number of carbonyl (C=O) groups excluding carboxylic acids is 3. The van der Waals surface area contributed by atoms with E-state index in [1.54, 1.807) is 30.0 Å². The number of carbonyl (C=O) groups is 3. The van der Waals surface area contributed by atoms with E-state index in [-0.39, 0.29) is 30.3 Å². The second-order valence-electron chi connectivity index (χ2n) is 11.5. The molecule has 4 N–H and O–H groups in total. The average molecular weight is 579 g/mol. The molecule has 0 radical (unpaired) electrons. The summed E-state index contributed by atoms with van der Waals surface area (Å²) in [4.78, 5) is 40.5. The lowest BCUT2D eigenvalue weighted by Gasteiger charge is -2.28. The summed E-state index contributed by atoms with van der Waals surface area (Å²) in [5.41, 5.74) is 1.96. The predicted octanol–water partition coefficient (Wildman–Crippen LogP) is 3.73. The second kappa shape index (κ2) is 15.7. The standard InChI is InChI=1S/C33H46N4O5/c1-3-17-42-28-20-25(19-27(21-28)37-16-10-15-31(37)39)33(41)36-29(18-24-11-6-4-7-12-24)30(38)22-34-23(2)32(40)35-26-13-8-5-9-14-26/h4,6-7,11-12,19-21,23,26,29-30,34,38H,3,5,8-10,13-18,22H2,1-2H3,(H,35,40)(H,36,41)/t23?,29-,30+/m0/s1. The zero-order chi connectivity index (χ0) is 29.9. The van der Waals surface area contributed by atoms with Crippen LogP contribution in [0, 0.1) is 0 Å². The Morgan fingerprint density at radius 3 is 2.52 bits per heavy atom. The molecular formula is C33H46N4O5.